The number of halogens is 2. The molecule has 3 aromatic rings. The molecule has 7 heteroatoms. The summed E-state index contributed by atoms with van der Waals surface area (Å²) in [5.74, 6) is -0.964. The number of carbonyl (C=O) groups excluding carboxylic acids is 2. The van der Waals surface area contributed by atoms with Gasteiger partial charge in [-0.15, -0.1) is 0 Å². The van der Waals surface area contributed by atoms with Crippen LogP contribution in [0.3, 0.4) is 0 Å². The summed E-state index contributed by atoms with van der Waals surface area (Å²) in [4.78, 5) is 24.0. The van der Waals surface area contributed by atoms with E-state index < -0.39 is 11.8 Å². The molecule has 1 aromatic heterocycles. The van der Waals surface area contributed by atoms with Crippen LogP contribution in [0.1, 0.15) is 20.9 Å². The molecule has 1 heterocycles. The number of hydrogen-bond donors (Lipinski definition) is 2. The molecule has 0 radical (unpaired) electrons. The number of nitrogens with one attached hydrogen (secondary N) is 2. The van der Waals surface area contributed by atoms with Gasteiger partial charge in [0.25, 0.3) is 5.91 Å². The van der Waals surface area contributed by atoms with Crippen molar-refractivity contribution in [3.63, 3.8) is 0 Å². The first-order valence-electron chi connectivity index (χ1n) is 7.25. The number of amides is 2. The van der Waals surface area contributed by atoms with Crippen molar-refractivity contribution in [2.45, 2.75) is 0 Å². The fraction of sp³-hybridized carbons (Fsp3) is 0. The lowest BCUT2D eigenvalue weighted by molar-refractivity contribution is 0.0831. The fourth-order valence-corrected chi connectivity index (χ4v) is 2.34. The number of hydrazine groups is 1. The molecule has 0 spiro atoms. The number of hydrogen-bond acceptors (Lipinski definition) is 3. The predicted octanol–water partition coefficient (Wildman–Crippen LogP) is 3.92. The van der Waals surface area contributed by atoms with Crippen molar-refractivity contribution in [3.8, 4) is 11.3 Å². The van der Waals surface area contributed by atoms with Crippen molar-refractivity contribution < 1.29 is 18.4 Å². The van der Waals surface area contributed by atoms with Gasteiger partial charge in [0.15, 0.2) is 5.76 Å². The minimum atomic E-state index is -0.598. The Hall–Kier alpha value is -2.93. The largest absolute Gasteiger partial charge is 0.451 e. The normalized spacial score (nSPS) is 10.3. The maximum atomic E-state index is 12.9. The molecule has 25 heavy (non-hydrogen) atoms. The summed E-state index contributed by atoms with van der Waals surface area (Å²) < 4.78 is 19.2. The number of furan rings is 1. The van der Waals surface area contributed by atoms with Crippen LogP contribution in [0.2, 0.25) is 0 Å². The zero-order valence-electron chi connectivity index (χ0n) is 12.8. The molecule has 5 nitrogen and oxygen atoms in total. The predicted molar refractivity (Wildman–Crippen MR) is 93.2 cm³/mol. The summed E-state index contributed by atoms with van der Waals surface area (Å²) in [5.41, 5.74) is 5.63. The molecule has 2 amide bonds. The van der Waals surface area contributed by atoms with Crippen LogP contribution in [0.4, 0.5) is 4.39 Å². The third kappa shape index (κ3) is 4.13. The Morgan fingerprint density at radius 2 is 1.48 bits per heavy atom. The minimum absolute atomic E-state index is 0.0235. The van der Waals surface area contributed by atoms with Gasteiger partial charge in [-0.05, 0) is 60.7 Å². The Morgan fingerprint density at radius 1 is 0.840 bits per heavy atom. The average Bonchev–Trinajstić information content (AvgIpc) is 3.11. The second kappa shape index (κ2) is 7.31. The lowest BCUT2D eigenvalue weighted by Gasteiger charge is -2.06. The topological polar surface area (TPSA) is 71.3 Å². The smallest absolute Gasteiger partial charge is 0.305 e. The van der Waals surface area contributed by atoms with Gasteiger partial charge in [-0.3, -0.25) is 20.4 Å². The van der Waals surface area contributed by atoms with Crippen LogP contribution in [0, 0.1) is 5.82 Å². The summed E-state index contributed by atoms with van der Waals surface area (Å²) in [6.45, 7) is 0. The third-order valence-corrected chi connectivity index (χ3v) is 3.88. The van der Waals surface area contributed by atoms with Crippen molar-refractivity contribution in [1.29, 1.82) is 0 Å². The van der Waals surface area contributed by atoms with E-state index in [0.717, 1.165) is 4.47 Å². The molecule has 2 aromatic carbocycles. The maximum absolute atomic E-state index is 12.9. The summed E-state index contributed by atoms with van der Waals surface area (Å²) in [5, 5.41) is 0. The van der Waals surface area contributed by atoms with E-state index >= 15 is 0 Å². The van der Waals surface area contributed by atoms with Gasteiger partial charge in [0.1, 0.15) is 11.6 Å². The first-order chi connectivity index (χ1) is 12.0. The van der Waals surface area contributed by atoms with Crippen molar-refractivity contribution in [1.82, 2.24) is 10.9 Å². The molecule has 0 unspecified atom stereocenters. The number of carbonyl (C=O) groups is 2. The van der Waals surface area contributed by atoms with Crippen molar-refractivity contribution in [2.24, 2.45) is 0 Å². The van der Waals surface area contributed by atoms with Crippen molar-refractivity contribution in [3.05, 3.63) is 82.3 Å². The standard InChI is InChI=1S/C18H12BrFN2O3/c19-13-5-1-12(2-6-13)17(23)21-22-18(24)16-10-9-15(25-16)11-3-7-14(20)8-4-11/h1-10H,(H,21,23)(H,22,24). The molecule has 0 aliphatic rings. The molecule has 0 atom stereocenters. The van der Waals surface area contributed by atoms with Gasteiger partial charge in [0.2, 0.25) is 0 Å². The van der Waals surface area contributed by atoms with Gasteiger partial charge in [-0.25, -0.2) is 4.39 Å². The van der Waals surface area contributed by atoms with Crippen LogP contribution in [0.5, 0.6) is 0 Å². The summed E-state index contributed by atoms with van der Waals surface area (Å²) >= 11 is 3.28. The highest BCUT2D eigenvalue weighted by atomic mass is 79.9. The fourth-order valence-electron chi connectivity index (χ4n) is 2.08. The van der Waals surface area contributed by atoms with E-state index in [2.05, 4.69) is 26.8 Å². The highest BCUT2D eigenvalue weighted by Crippen LogP contribution is 2.22. The number of rotatable bonds is 3. The van der Waals surface area contributed by atoms with Crippen LogP contribution in [-0.4, -0.2) is 11.8 Å². The monoisotopic (exact) mass is 402 g/mol. The Labute approximate surface area is 150 Å². The lowest BCUT2D eigenvalue weighted by Crippen LogP contribution is -2.41. The molecule has 0 bridgehead atoms. The lowest BCUT2D eigenvalue weighted by atomic mass is 10.2. The highest BCUT2D eigenvalue weighted by molar-refractivity contribution is 9.10. The van der Waals surface area contributed by atoms with E-state index in [1.165, 1.54) is 18.2 Å². The molecule has 0 fully saturated rings. The third-order valence-electron chi connectivity index (χ3n) is 3.35. The molecule has 0 saturated carbocycles. The maximum Gasteiger partial charge on any atom is 0.305 e. The Morgan fingerprint density at radius 3 is 2.16 bits per heavy atom. The van der Waals surface area contributed by atoms with Crippen LogP contribution >= 0.6 is 15.9 Å². The van der Waals surface area contributed by atoms with Crippen LogP contribution in [-0.2, 0) is 0 Å². The molecule has 0 saturated heterocycles. The van der Waals surface area contributed by atoms with Crippen LogP contribution in [0.25, 0.3) is 11.3 Å². The van der Waals surface area contributed by atoms with E-state index in [4.69, 9.17) is 4.42 Å². The summed E-state index contributed by atoms with van der Waals surface area (Å²) in [6, 6.07) is 15.4. The van der Waals surface area contributed by atoms with Crippen LogP contribution < -0.4 is 10.9 Å². The van der Waals surface area contributed by atoms with Gasteiger partial charge in [0.05, 0.1) is 0 Å². The Kier molecular flexibility index (Phi) is 4.95. The molecular formula is C18H12BrFN2O3. The van der Waals surface area contributed by atoms with Gasteiger partial charge >= 0.3 is 5.91 Å². The summed E-state index contributed by atoms with van der Waals surface area (Å²) in [7, 11) is 0. The molecule has 2 N–H and O–H groups in total. The van der Waals surface area contributed by atoms with Gasteiger partial charge in [0, 0.05) is 15.6 Å². The first-order valence-corrected chi connectivity index (χ1v) is 8.04. The number of benzene rings is 2. The molecule has 0 aliphatic heterocycles. The Bertz CT molecular complexity index is 905. The molecule has 0 aliphatic carbocycles. The zero-order chi connectivity index (χ0) is 17.8. The van der Waals surface area contributed by atoms with Gasteiger partial charge in [-0.1, -0.05) is 15.9 Å². The Balaban J connectivity index is 1.63. The van der Waals surface area contributed by atoms with E-state index in [0.29, 0.717) is 16.9 Å². The summed E-state index contributed by atoms with van der Waals surface area (Å²) in [6.07, 6.45) is 0. The van der Waals surface area contributed by atoms with E-state index in [-0.39, 0.29) is 11.6 Å². The molecule has 126 valence electrons. The second-order valence-corrected chi connectivity index (χ2v) is 6.00. The minimum Gasteiger partial charge on any atom is -0.451 e. The van der Waals surface area contributed by atoms with Crippen molar-refractivity contribution >= 4 is 27.7 Å². The van der Waals surface area contributed by atoms with Crippen molar-refractivity contribution in [2.75, 3.05) is 0 Å². The van der Waals surface area contributed by atoms with E-state index in [9.17, 15) is 14.0 Å². The van der Waals surface area contributed by atoms with Crippen LogP contribution in [0.15, 0.2) is 69.6 Å². The average molecular weight is 403 g/mol. The molecular weight excluding hydrogens is 391 g/mol. The van der Waals surface area contributed by atoms with Gasteiger partial charge < -0.3 is 4.42 Å². The van der Waals surface area contributed by atoms with E-state index in [1.807, 2.05) is 0 Å². The quantitative estimate of drug-likeness (QED) is 0.652. The van der Waals surface area contributed by atoms with Gasteiger partial charge in [-0.2, -0.15) is 0 Å². The second-order valence-electron chi connectivity index (χ2n) is 5.09. The zero-order valence-corrected chi connectivity index (χ0v) is 14.3. The molecule has 3 rings (SSSR count). The SMILES string of the molecule is O=C(NNC(=O)c1ccc(-c2ccc(F)cc2)o1)c1ccc(Br)cc1. The first kappa shape index (κ1) is 16.9. The highest BCUT2D eigenvalue weighted by Gasteiger charge is 2.14. The van der Waals surface area contributed by atoms with E-state index in [1.54, 1.807) is 42.5 Å².